The maximum absolute atomic E-state index is 5.88. The fourth-order valence-electron chi connectivity index (χ4n) is 1.35. The monoisotopic (exact) mass is 272 g/mol. The molecular weight excluding hydrogens is 260 g/mol. The van der Waals surface area contributed by atoms with E-state index in [9.17, 15) is 0 Å². The van der Waals surface area contributed by atoms with Gasteiger partial charge in [-0.2, -0.15) is 0 Å². The van der Waals surface area contributed by atoms with Crippen molar-refractivity contribution in [1.82, 2.24) is 15.5 Å². The third-order valence-electron chi connectivity index (χ3n) is 2.16. The van der Waals surface area contributed by atoms with Crippen molar-refractivity contribution in [3.05, 3.63) is 27.2 Å². The van der Waals surface area contributed by atoms with E-state index in [2.05, 4.69) is 20.8 Å². The summed E-state index contributed by atoms with van der Waals surface area (Å²) in [5, 5.41) is 13.9. The highest BCUT2D eigenvalue weighted by atomic mass is 35.5. The van der Waals surface area contributed by atoms with E-state index in [-0.39, 0.29) is 6.04 Å². The fraction of sp³-hybridized carbons (Fsp3) is 0.400. The number of rotatable bonds is 5. The molecule has 2 rings (SSSR count). The quantitative estimate of drug-likeness (QED) is 0.876. The Morgan fingerprint density at radius 3 is 2.94 bits per heavy atom. The second-order valence-corrected chi connectivity index (χ2v) is 5.29. The van der Waals surface area contributed by atoms with E-state index < -0.39 is 0 Å². The molecule has 2 aromatic heterocycles. The molecule has 17 heavy (non-hydrogen) atoms. The second-order valence-electron chi connectivity index (χ2n) is 3.54. The summed E-state index contributed by atoms with van der Waals surface area (Å²) in [7, 11) is 1.83. The van der Waals surface area contributed by atoms with Crippen molar-refractivity contribution in [3.8, 4) is 0 Å². The predicted octanol–water partition coefficient (Wildman–Crippen LogP) is 2.68. The van der Waals surface area contributed by atoms with Crippen LogP contribution in [0.2, 0.25) is 4.34 Å². The Balaban J connectivity index is 1.99. The molecule has 0 aliphatic rings. The minimum Gasteiger partial charge on any atom is -0.407 e. The normalized spacial score (nSPS) is 12.6. The van der Waals surface area contributed by atoms with Gasteiger partial charge in [0.1, 0.15) is 0 Å². The van der Waals surface area contributed by atoms with Crippen LogP contribution in [0.15, 0.2) is 16.5 Å². The van der Waals surface area contributed by atoms with Gasteiger partial charge in [-0.3, -0.25) is 0 Å². The van der Waals surface area contributed by atoms with Gasteiger partial charge < -0.3 is 15.1 Å². The van der Waals surface area contributed by atoms with Crippen LogP contribution in [0.4, 0.5) is 6.01 Å². The molecule has 2 aromatic rings. The summed E-state index contributed by atoms with van der Waals surface area (Å²) in [4.78, 5) is 1.13. The zero-order chi connectivity index (χ0) is 12.3. The number of nitrogens with one attached hydrogen (secondary N) is 2. The third kappa shape index (κ3) is 3.18. The molecule has 1 unspecified atom stereocenters. The van der Waals surface area contributed by atoms with E-state index in [0.717, 1.165) is 9.21 Å². The molecule has 2 heterocycles. The van der Waals surface area contributed by atoms with Crippen LogP contribution >= 0.6 is 22.9 Å². The summed E-state index contributed by atoms with van der Waals surface area (Å²) < 4.78 is 6.17. The minimum absolute atomic E-state index is 0.0929. The van der Waals surface area contributed by atoms with E-state index in [1.807, 2.05) is 26.1 Å². The van der Waals surface area contributed by atoms with E-state index >= 15 is 0 Å². The molecule has 5 nitrogen and oxygen atoms in total. The molecule has 0 amide bonds. The first-order valence-electron chi connectivity index (χ1n) is 5.18. The standard InChI is InChI=1S/C10H13ClN4OS/c1-6(7-3-4-8(11)17-7)13-10-15-14-9(16-10)5-12-2/h3-4,6,12H,5H2,1-2H3,(H,13,15). The molecule has 0 fully saturated rings. The number of aromatic nitrogens is 2. The SMILES string of the molecule is CNCc1nnc(NC(C)c2ccc(Cl)s2)o1. The number of thiophene rings is 1. The topological polar surface area (TPSA) is 63.0 Å². The molecule has 0 saturated carbocycles. The fourth-order valence-corrected chi connectivity index (χ4v) is 2.42. The van der Waals surface area contributed by atoms with Gasteiger partial charge in [-0.15, -0.1) is 16.4 Å². The molecule has 1 atom stereocenters. The first kappa shape index (κ1) is 12.3. The van der Waals surface area contributed by atoms with Gasteiger partial charge in [-0.25, -0.2) is 0 Å². The van der Waals surface area contributed by atoms with Gasteiger partial charge in [0.05, 0.1) is 16.9 Å². The molecule has 7 heteroatoms. The molecule has 0 aliphatic carbocycles. The summed E-state index contributed by atoms with van der Waals surface area (Å²) in [6.07, 6.45) is 0. The van der Waals surface area contributed by atoms with E-state index in [4.69, 9.17) is 16.0 Å². The van der Waals surface area contributed by atoms with Gasteiger partial charge in [0.25, 0.3) is 0 Å². The smallest absolute Gasteiger partial charge is 0.316 e. The van der Waals surface area contributed by atoms with Crippen LogP contribution in [-0.4, -0.2) is 17.2 Å². The Morgan fingerprint density at radius 1 is 1.47 bits per heavy atom. The van der Waals surface area contributed by atoms with E-state index in [1.54, 1.807) is 0 Å². The van der Waals surface area contributed by atoms with Crippen molar-refractivity contribution >= 4 is 29.0 Å². The Labute approximate surface area is 108 Å². The molecule has 0 aliphatic heterocycles. The summed E-state index contributed by atoms with van der Waals surface area (Å²) in [6.45, 7) is 2.58. The maximum Gasteiger partial charge on any atom is 0.316 e. The molecule has 0 spiro atoms. The lowest BCUT2D eigenvalue weighted by Gasteiger charge is -2.08. The van der Waals surface area contributed by atoms with Crippen molar-refractivity contribution in [2.24, 2.45) is 0 Å². The predicted molar refractivity (Wildman–Crippen MR) is 68.4 cm³/mol. The molecule has 0 aromatic carbocycles. The first-order valence-corrected chi connectivity index (χ1v) is 6.37. The Bertz CT molecular complexity index is 484. The molecule has 92 valence electrons. The average Bonchev–Trinajstić information content (AvgIpc) is 2.88. The van der Waals surface area contributed by atoms with Gasteiger partial charge in [-0.1, -0.05) is 16.7 Å². The van der Waals surface area contributed by atoms with Crippen LogP contribution in [0.1, 0.15) is 23.7 Å². The van der Waals surface area contributed by atoms with Crippen molar-refractivity contribution in [2.75, 3.05) is 12.4 Å². The molecule has 0 saturated heterocycles. The highest BCUT2D eigenvalue weighted by Crippen LogP contribution is 2.28. The number of anilines is 1. The summed E-state index contributed by atoms with van der Waals surface area (Å²) in [5.74, 6) is 0.561. The summed E-state index contributed by atoms with van der Waals surface area (Å²) in [5.41, 5.74) is 0. The molecule has 0 radical (unpaired) electrons. The van der Waals surface area contributed by atoms with Gasteiger partial charge >= 0.3 is 6.01 Å². The zero-order valence-electron chi connectivity index (χ0n) is 9.53. The van der Waals surface area contributed by atoms with Crippen LogP contribution in [0.3, 0.4) is 0 Å². The number of hydrogen-bond donors (Lipinski definition) is 2. The molecular formula is C10H13ClN4OS. The number of halogens is 1. The van der Waals surface area contributed by atoms with Gasteiger partial charge in [-0.05, 0) is 26.1 Å². The average molecular weight is 273 g/mol. The highest BCUT2D eigenvalue weighted by Gasteiger charge is 2.12. The number of nitrogens with zero attached hydrogens (tertiary/aromatic N) is 2. The van der Waals surface area contributed by atoms with Crippen molar-refractivity contribution in [3.63, 3.8) is 0 Å². The Kier molecular flexibility index (Phi) is 3.98. The first-order chi connectivity index (χ1) is 8.19. The largest absolute Gasteiger partial charge is 0.407 e. The van der Waals surface area contributed by atoms with Gasteiger partial charge in [0.15, 0.2) is 0 Å². The van der Waals surface area contributed by atoms with Gasteiger partial charge in [0, 0.05) is 4.88 Å². The van der Waals surface area contributed by atoms with Crippen LogP contribution in [0.5, 0.6) is 0 Å². The lowest BCUT2D eigenvalue weighted by molar-refractivity contribution is 0.486. The Morgan fingerprint density at radius 2 is 2.29 bits per heavy atom. The number of hydrogen-bond acceptors (Lipinski definition) is 6. The summed E-state index contributed by atoms with van der Waals surface area (Å²) >= 11 is 7.42. The minimum atomic E-state index is 0.0929. The molecule has 2 N–H and O–H groups in total. The lowest BCUT2D eigenvalue weighted by atomic mass is 10.3. The second kappa shape index (κ2) is 5.48. The van der Waals surface area contributed by atoms with Crippen LogP contribution in [0.25, 0.3) is 0 Å². The highest BCUT2D eigenvalue weighted by molar-refractivity contribution is 7.16. The van der Waals surface area contributed by atoms with Crippen molar-refractivity contribution in [2.45, 2.75) is 19.5 Å². The zero-order valence-corrected chi connectivity index (χ0v) is 11.1. The molecule has 0 bridgehead atoms. The van der Waals surface area contributed by atoms with E-state index in [0.29, 0.717) is 18.5 Å². The summed E-state index contributed by atoms with van der Waals surface area (Å²) in [6, 6.07) is 4.37. The van der Waals surface area contributed by atoms with Crippen LogP contribution < -0.4 is 10.6 Å². The van der Waals surface area contributed by atoms with Crippen LogP contribution in [-0.2, 0) is 6.54 Å². The van der Waals surface area contributed by atoms with Gasteiger partial charge in [0.2, 0.25) is 5.89 Å². The maximum atomic E-state index is 5.88. The third-order valence-corrected chi connectivity index (χ3v) is 3.57. The Hall–Kier alpha value is -1.11. The van der Waals surface area contributed by atoms with Crippen LogP contribution in [0, 0.1) is 0 Å². The lowest BCUT2D eigenvalue weighted by Crippen LogP contribution is -2.05. The van der Waals surface area contributed by atoms with Crippen molar-refractivity contribution < 1.29 is 4.42 Å². The van der Waals surface area contributed by atoms with E-state index in [1.165, 1.54) is 11.3 Å². The van der Waals surface area contributed by atoms with Crippen molar-refractivity contribution in [1.29, 1.82) is 0 Å².